The third-order valence-corrected chi connectivity index (χ3v) is 4.49. The average molecular weight is 312 g/mol. The first-order valence-corrected chi connectivity index (χ1v) is 7.88. The molecule has 0 spiro atoms. The van der Waals surface area contributed by atoms with E-state index in [0.717, 1.165) is 24.2 Å². The van der Waals surface area contributed by atoms with Gasteiger partial charge in [-0.05, 0) is 43.0 Å². The van der Waals surface area contributed by atoms with Gasteiger partial charge in [0.05, 0.1) is 7.11 Å². The summed E-state index contributed by atoms with van der Waals surface area (Å²) < 4.78 is 5.23. The summed E-state index contributed by atoms with van der Waals surface area (Å²) in [6.07, 6.45) is 1.55. The highest BCUT2D eigenvalue weighted by Crippen LogP contribution is 2.37. The number of carbonyl (C=O) groups is 1. The van der Waals surface area contributed by atoms with Crippen LogP contribution in [0.4, 0.5) is 0 Å². The molecule has 122 valence electrons. The normalized spacial score (nSPS) is 13.4. The first-order chi connectivity index (χ1) is 11.0. The molecule has 1 atom stereocenters. The van der Waals surface area contributed by atoms with Gasteiger partial charge in [0, 0.05) is 17.6 Å². The molecule has 0 aliphatic heterocycles. The minimum Gasteiger partial charge on any atom is -0.497 e. The van der Waals surface area contributed by atoms with E-state index >= 15 is 0 Å². The van der Waals surface area contributed by atoms with Crippen LogP contribution in [0.3, 0.4) is 0 Å². The van der Waals surface area contributed by atoms with Gasteiger partial charge in [-0.2, -0.15) is 0 Å². The molecule has 0 fully saturated rings. The van der Waals surface area contributed by atoms with Gasteiger partial charge >= 0.3 is 0 Å². The van der Waals surface area contributed by atoms with Gasteiger partial charge in [-0.15, -0.1) is 0 Å². The number of ether oxygens (including phenoxy) is 1. The molecule has 0 saturated heterocycles. The van der Waals surface area contributed by atoms with Crippen LogP contribution in [0.1, 0.15) is 48.2 Å². The summed E-state index contributed by atoms with van der Waals surface area (Å²) in [5.41, 5.74) is 2.81. The largest absolute Gasteiger partial charge is 0.497 e. The Morgan fingerprint density at radius 3 is 2.00 bits per heavy atom. The molecular weight excluding hydrogens is 288 g/mol. The lowest BCUT2D eigenvalue weighted by molar-refractivity contribution is 0.101. The zero-order valence-electron chi connectivity index (χ0n) is 14.0. The molecular formula is C20H24O3. The van der Waals surface area contributed by atoms with Crippen LogP contribution in [-0.4, -0.2) is 24.6 Å². The van der Waals surface area contributed by atoms with E-state index < -0.39 is 0 Å². The van der Waals surface area contributed by atoms with Crippen LogP contribution in [0.2, 0.25) is 0 Å². The quantitative estimate of drug-likeness (QED) is 0.787. The highest BCUT2D eigenvalue weighted by molar-refractivity contribution is 5.94. The number of hydrogen-bond acceptors (Lipinski definition) is 3. The summed E-state index contributed by atoms with van der Waals surface area (Å²) in [7, 11) is 1.65. The standard InChI is InChI=1S/C20H24O3/c1-15(22)16-5-7-17(8-6-16)20(2,13-4-14-21)18-9-11-19(23-3)12-10-18/h5-12,21H,4,13-14H2,1-3H3. The van der Waals surface area contributed by atoms with Gasteiger partial charge in [0.2, 0.25) is 0 Å². The molecule has 0 aromatic heterocycles. The van der Waals surface area contributed by atoms with E-state index in [1.165, 1.54) is 5.56 Å². The molecule has 3 nitrogen and oxygen atoms in total. The van der Waals surface area contributed by atoms with Crippen molar-refractivity contribution in [1.29, 1.82) is 0 Å². The molecule has 23 heavy (non-hydrogen) atoms. The second-order valence-corrected chi connectivity index (χ2v) is 6.02. The number of hydrogen-bond donors (Lipinski definition) is 1. The van der Waals surface area contributed by atoms with Crippen molar-refractivity contribution in [2.45, 2.75) is 32.1 Å². The predicted octanol–water partition coefficient (Wildman–Crippen LogP) is 3.98. The van der Waals surface area contributed by atoms with E-state index in [1.807, 2.05) is 36.4 Å². The molecule has 1 unspecified atom stereocenters. The molecule has 0 radical (unpaired) electrons. The van der Waals surface area contributed by atoms with Crippen molar-refractivity contribution in [3.8, 4) is 5.75 Å². The van der Waals surface area contributed by atoms with Gasteiger partial charge in [0.25, 0.3) is 0 Å². The Bertz CT molecular complexity index is 644. The van der Waals surface area contributed by atoms with E-state index in [4.69, 9.17) is 4.74 Å². The number of aliphatic hydroxyl groups excluding tert-OH is 1. The number of aliphatic hydroxyl groups is 1. The minimum absolute atomic E-state index is 0.0676. The zero-order chi connectivity index (χ0) is 16.9. The number of ketones is 1. The summed E-state index contributed by atoms with van der Waals surface area (Å²) in [4.78, 5) is 11.5. The van der Waals surface area contributed by atoms with Crippen molar-refractivity contribution < 1.29 is 14.6 Å². The van der Waals surface area contributed by atoms with Crippen molar-refractivity contribution in [2.24, 2.45) is 0 Å². The lowest BCUT2D eigenvalue weighted by atomic mass is 9.73. The van der Waals surface area contributed by atoms with Crippen molar-refractivity contribution in [3.05, 3.63) is 65.2 Å². The van der Waals surface area contributed by atoms with E-state index in [-0.39, 0.29) is 17.8 Å². The molecule has 3 heteroatoms. The summed E-state index contributed by atoms with van der Waals surface area (Å²) >= 11 is 0. The third kappa shape index (κ3) is 3.80. The zero-order valence-corrected chi connectivity index (χ0v) is 14.0. The van der Waals surface area contributed by atoms with Crippen LogP contribution in [0.25, 0.3) is 0 Å². The maximum Gasteiger partial charge on any atom is 0.159 e. The molecule has 1 N–H and O–H groups in total. The lowest BCUT2D eigenvalue weighted by Gasteiger charge is -2.31. The Hall–Kier alpha value is -2.13. The molecule has 0 saturated carbocycles. The van der Waals surface area contributed by atoms with Crippen LogP contribution in [0, 0.1) is 0 Å². The molecule has 2 aromatic rings. The van der Waals surface area contributed by atoms with Crippen LogP contribution in [0.5, 0.6) is 5.75 Å². The van der Waals surface area contributed by atoms with Crippen molar-refractivity contribution >= 4 is 5.78 Å². The van der Waals surface area contributed by atoms with Crippen LogP contribution in [-0.2, 0) is 5.41 Å². The first kappa shape index (κ1) is 17.2. The molecule has 0 heterocycles. The number of rotatable bonds is 7. The van der Waals surface area contributed by atoms with E-state index in [1.54, 1.807) is 14.0 Å². The Morgan fingerprint density at radius 2 is 1.57 bits per heavy atom. The Morgan fingerprint density at radius 1 is 1.04 bits per heavy atom. The second kappa shape index (κ2) is 7.42. The SMILES string of the molecule is COc1ccc(C(C)(CCCO)c2ccc(C(C)=O)cc2)cc1. The molecule has 2 aromatic carbocycles. The highest BCUT2D eigenvalue weighted by Gasteiger charge is 2.28. The second-order valence-electron chi connectivity index (χ2n) is 6.02. The number of methoxy groups -OCH3 is 1. The van der Waals surface area contributed by atoms with Crippen molar-refractivity contribution in [2.75, 3.05) is 13.7 Å². The Balaban J connectivity index is 2.42. The smallest absolute Gasteiger partial charge is 0.159 e. The van der Waals surface area contributed by atoms with Crippen molar-refractivity contribution in [1.82, 2.24) is 0 Å². The van der Waals surface area contributed by atoms with E-state index in [9.17, 15) is 9.90 Å². The monoisotopic (exact) mass is 312 g/mol. The van der Waals surface area contributed by atoms with Crippen LogP contribution in [0.15, 0.2) is 48.5 Å². The third-order valence-electron chi connectivity index (χ3n) is 4.49. The molecule has 2 rings (SSSR count). The topological polar surface area (TPSA) is 46.5 Å². The highest BCUT2D eigenvalue weighted by atomic mass is 16.5. The average Bonchev–Trinajstić information content (AvgIpc) is 2.59. The fourth-order valence-electron chi connectivity index (χ4n) is 2.92. The van der Waals surface area contributed by atoms with Gasteiger partial charge in [0.15, 0.2) is 5.78 Å². The molecule has 0 aliphatic rings. The minimum atomic E-state index is -0.218. The number of benzene rings is 2. The van der Waals surface area contributed by atoms with Gasteiger partial charge in [0.1, 0.15) is 5.75 Å². The number of carbonyl (C=O) groups excluding carboxylic acids is 1. The fourth-order valence-corrected chi connectivity index (χ4v) is 2.92. The van der Waals surface area contributed by atoms with Crippen LogP contribution >= 0.6 is 0 Å². The Labute approximate surface area is 137 Å². The fraction of sp³-hybridized carbons (Fsp3) is 0.350. The summed E-state index contributed by atoms with van der Waals surface area (Å²) in [6.45, 7) is 3.91. The molecule has 0 bridgehead atoms. The van der Waals surface area contributed by atoms with E-state index in [2.05, 4.69) is 19.1 Å². The molecule has 0 amide bonds. The maximum atomic E-state index is 11.5. The maximum absolute atomic E-state index is 11.5. The van der Waals surface area contributed by atoms with Crippen molar-refractivity contribution in [3.63, 3.8) is 0 Å². The van der Waals surface area contributed by atoms with Gasteiger partial charge < -0.3 is 9.84 Å². The summed E-state index contributed by atoms with van der Waals surface area (Å²) in [5.74, 6) is 0.892. The van der Waals surface area contributed by atoms with Crippen LogP contribution < -0.4 is 4.74 Å². The van der Waals surface area contributed by atoms with Gasteiger partial charge in [-0.3, -0.25) is 4.79 Å². The van der Waals surface area contributed by atoms with Gasteiger partial charge in [-0.1, -0.05) is 43.3 Å². The van der Waals surface area contributed by atoms with E-state index in [0.29, 0.717) is 5.56 Å². The lowest BCUT2D eigenvalue weighted by Crippen LogP contribution is -2.24. The summed E-state index contributed by atoms with van der Waals surface area (Å²) in [6, 6.07) is 15.8. The first-order valence-electron chi connectivity index (χ1n) is 7.88. The predicted molar refractivity (Wildman–Crippen MR) is 92.2 cm³/mol. The Kier molecular flexibility index (Phi) is 5.56. The molecule has 0 aliphatic carbocycles. The number of Topliss-reactive ketones (excluding diaryl/α,β-unsaturated/α-hetero) is 1. The van der Waals surface area contributed by atoms with Gasteiger partial charge in [-0.25, -0.2) is 0 Å². The summed E-state index contributed by atoms with van der Waals surface area (Å²) in [5, 5.41) is 9.26.